The van der Waals surface area contributed by atoms with Gasteiger partial charge >= 0.3 is 6.03 Å². The molecule has 0 unspecified atom stereocenters. The molecule has 0 rings (SSSR count). The lowest BCUT2D eigenvalue weighted by Crippen LogP contribution is -2.21. The Morgan fingerprint density at radius 2 is 2.00 bits per heavy atom. The van der Waals surface area contributed by atoms with Crippen molar-refractivity contribution in [1.29, 1.82) is 0 Å². The molecule has 0 atom stereocenters. The maximum Gasteiger partial charge on any atom is 0.339 e. The highest BCUT2D eigenvalue weighted by atomic mass is 16.2. The van der Waals surface area contributed by atoms with Gasteiger partial charge in [0.25, 0.3) is 0 Å². The molecule has 0 aromatic rings. The zero-order valence-electron chi connectivity index (χ0n) is 5.88. The van der Waals surface area contributed by atoms with Crippen LogP contribution >= 0.6 is 0 Å². The van der Waals surface area contributed by atoms with Crippen LogP contribution in [-0.2, 0) is 0 Å². The third kappa shape index (κ3) is 3.52. The van der Waals surface area contributed by atoms with Crippen LogP contribution in [0.15, 0.2) is 4.99 Å². The van der Waals surface area contributed by atoms with Crippen molar-refractivity contribution in [2.45, 2.75) is 6.92 Å². The Bertz CT molecular complexity index is 139. The molecule has 2 N–H and O–H groups in total. The van der Waals surface area contributed by atoms with Gasteiger partial charge in [-0.05, 0) is 6.92 Å². The fraction of sp³-hybridized carbons (Fsp3) is 0.600. The molecular formula is C5H11N3O. The molecule has 0 heterocycles. The van der Waals surface area contributed by atoms with Crippen LogP contribution in [0.2, 0.25) is 0 Å². The standard InChI is InChI=1S/C5H11N3O/c1-4(8(2)3)7-5(6)9/h1-3H3,(H2,6,9). The molecule has 0 radical (unpaired) electrons. The number of urea groups is 1. The quantitative estimate of drug-likeness (QED) is 0.371. The van der Waals surface area contributed by atoms with Crippen molar-refractivity contribution >= 4 is 11.9 Å². The minimum atomic E-state index is -0.652. The number of rotatable bonds is 0. The van der Waals surface area contributed by atoms with Crippen molar-refractivity contribution < 1.29 is 4.79 Å². The molecule has 4 heteroatoms. The van der Waals surface area contributed by atoms with Gasteiger partial charge in [-0.2, -0.15) is 4.99 Å². The van der Waals surface area contributed by atoms with Crippen LogP contribution in [0.3, 0.4) is 0 Å². The third-order valence-corrected chi connectivity index (χ3v) is 0.919. The van der Waals surface area contributed by atoms with E-state index in [-0.39, 0.29) is 0 Å². The molecular weight excluding hydrogens is 118 g/mol. The Hall–Kier alpha value is -1.06. The highest BCUT2D eigenvalue weighted by Crippen LogP contribution is 1.80. The summed E-state index contributed by atoms with van der Waals surface area (Å²) < 4.78 is 0. The summed E-state index contributed by atoms with van der Waals surface area (Å²) in [5.74, 6) is 0.613. The van der Waals surface area contributed by atoms with E-state index in [0.717, 1.165) is 0 Å². The zero-order valence-corrected chi connectivity index (χ0v) is 5.88. The Morgan fingerprint density at radius 3 is 2.11 bits per heavy atom. The monoisotopic (exact) mass is 129 g/mol. The van der Waals surface area contributed by atoms with Gasteiger partial charge in [0.05, 0.1) is 0 Å². The van der Waals surface area contributed by atoms with E-state index in [0.29, 0.717) is 5.84 Å². The molecule has 0 aromatic carbocycles. The topological polar surface area (TPSA) is 58.7 Å². The number of nitrogens with zero attached hydrogens (tertiary/aromatic N) is 2. The number of hydrogen-bond donors (Lipinski definition) is 1. The molecule has 52 valence electrons. The van der Waals surface area contributed by atoms with Gasteiger partial charge in [0.1, 0.15) is 5.84 Å². The zero-order chi connectivity index (χ0) is 7.44. The van der Waals surface area contributed by atoms with Crippen LogP contribution in [0.4, 0.5) is 4.79 Å². The summed E-state index contributed by atoms with van der Waals surface area (Å²) in [5.41, 5.74) is 4.78. The summed E-state index contributed by atoms with van der Waals surface area (Å²) in [6, 6.07) is -0.652. The number of aliphatic imine (C=N–C) groups is 1. The van der Waals surface area contributed by atoms with Gasteiger partial charge in [0.15, 0.2) is 0 Å². The maximum atomic E-state index is 10.1. The summed E-state index contributed by atoms with van der Waals surface area (Å²) in [4.78, 5) is 15.3. The highest BCUT2D eigenvalue weighted by Gasteiger charge is 1.93. The van der Waals surface area contributed by atoms with Gasteiger partial charge in [0, 0.05) is 14.1 Å². The van der Waals surface area contributed by atoms with Crippen LogP contribution < -0.4 is 5.73 Å². The minimum absolute atomic E-state index is 0.613. The first-order chi connectivity index (χ1) is 4.04. The van der Waals surface area contributed by atoms with Crippen LogP contribution in [0, 0.1) is 0 Å². The second kappa shape index (κ2) is 3.06. The largest absolute Gasteiger partial charge is 0.366 e. The van der Waals surface area contributed by atoms with Crippen molar-refractivity contribution in [2.24, 2.45) is 10.7 Å². The van der Waals surface area contributed by atoms with Crippen molar-refractivity contribution in [3.8, 4) is 0 Å². The van der Waals surface area contributed by atoms with E-state index in [1.807, 2.05) is 0 Å². The Balaban J connectivity index is 4.00. The van der Waals surface area contributed by atoms with E-state index in [9.17, 15) is 4.79 Å². The van der Waals surface area contributed by atoms with E-state index in [2.05, 4.69) is 4.99 Å². The van der Waals surface area contributed by atoms with Crippen molar-refractivity contribution in [2.75, 3.05) is 14.1 Å². The minimum Gasteiger partial charge on any atom is -0.366 e. The second-order valence-electron chi connectivity index (χ2n) is 1.89. The molecule has 0 fully saturated rings. The lowest BCUT2D eigenvalue weighted by Gasteiger charge is -2.08. The van der Waals surface area contributed by atoms with Crippen molar-refractivity contribution in [1.82, 2.24) is 4.90 Å². The number of carbonyl (C=O) groups excluding carboxylic acids is 1. The van der Waals surface area contributed by atoms with Gasteiger partial charge < -0.3 is 10.6 Å². The molecule has 4 nitrogen and oxygen atoms in total. The lowest BCUT2D eigenvalue weighted by molar-refractivity contribution is 0.256. The predicted octanol–water partition coefficient (Wildman–Crippen LogP) is 0.0451. The number of carbonyl (C=O) groups is 1. The fourth-order valence-electron chi connectivity index (χ4n) is 0.259. The first-order valence-corrected chi connectivity index (χ1v) is 2.56. The van der Waals surface area contributed by atoms with Gasteiger partial charge in [-0.25, -0.2) is 4.79 Å². The average Bonchev–Trinajstić information content (AvgIpc) is 1.63. The second-order valence-corrected chi connectivity index (χ2v) is 1.89. The summed E-state index contributed by atoms with van der Waals surface area (Å²) in [6.45, 7) is 1.71. The van der Waals surface area contributed by atoms with Crippen LogP contribution in [0.1, 0.15) is 6.92 Å². The number of amides is 2. The molecule has 0 bridgehead atoms. The lowest BCUT2D eigenvalue weighted by atomic mass is 10.6. The van der Waals surface area contributed by atoms with E-state index < -0.39 is 6.03 Å². The van der Waals surface area contributed by atoms with E-state index >= 15 is 0 Å². The summed E-state index contributed by atoms with van der Waals surface area (Å²) in [5, 5.41) is 0. The van der Waals surface area contributed by atoms with E-state index in [1.54, 1.807) is 25.9 Å². The molecule has 0 spiro atoms. The van der Waals surface area contributed by atoms with E-state index in [1.165, 1.54) is 0 Å². The molecule has 0 saturated carbocycles. The molecule has 9 heavy (non-hydrogen) atoms. The molecule has 0 aliphatic heterocycles. The summed E-state index contributed by atoms with van der Waals surface area (Å²) >= 11 is 0. The molecule has 0 saturated heterocycles. The third-order valence-electron chi connectivity index (χ3n) is 0.919. The van der Waals surface area contributed by atoms with E-state index in [4.69, 9.17) is 5.73 Å². The number of nitrogens with two attached hydrogens (primary N) is 1. The van der Waals surface area contributed by atoms with Gasteiger partial charge in [-0.3, -0.25) is 0 Å². The highest BCUT2D eigenvalue weighted by molar-refractivity contribution is 5.91. The van der Waals surface area contributed by atoms with Gasteiger partial charge in [-0.1, -0.05) is 0 Å². The van der Waals surface area contributed by atoms with Crippen molar-refractivity contribution in [3.05, 3.63) is 0 Å². The Morgan fingerprint density at radius 1 is 1.56 bits per heavy atom. The maximum absolute atomic E-state index is 10.1. The Labute approximate surface area is 54.4 Å². The molecule has 0 aliphatic carbocycles. The molecule has 2 amide bonds. The van der Waals surface area contributed by atoms with Gasteiger partial charge in [0.2, 0.25) is 0 Å². The molecule has 0 aromatic heterocycles. The predicted molar refractivity (Wildman–Crippen MR) is 36.4 cm³/mol. The Kier molecular flexibility index (Phi) is 2.70. The first-order valence-electron chi connectivity index (χ1n) is 2.56. The van der Waals surface area contributed by atoms with Crippen LogP contribution in [0.25, 0.3) is 0 Å². The van der Waals surface area contributed by atoms with Gasteiger partial charge in [-0.15, -0.1) is 0 Å². The smallest absolute Gasteiger partial charge is 0.339 e. The number of primary amides is 1. The molecule has 0 aliphatic rings. The first kappa shape index (κ1) is 7.94. The number of hydrogen-bond acceptors (Lipinski definition) is 1. The SMILES string of the molecule is CC(=NC(N)=O)N(C)C. The average molecular weight is 129 g/mol. The fourth-order valence-corrected chi connectivity index (χ4v) is 0.259. The van der Waals surface area contributed by atoms with Crippen molar-refractivity contribution in [3.63, 3.8) is 0 Å². The normalized spacial score (nSPS) is 11.2. The van der Waals surface area contributed by atoms with Crippen LogP contribution in [0.5, 0.6) is 0 Å². The number of amidine groups is 1. The summed E-state index contributed by atoms with van der Waals surface area (Å²) in [7, 11) is 3.59. The van der Waals surface area contributed by atoms with Crippen LogP contribution in [-0.4, -0.2) is 30.9 Å². The summed E-state index contributed by atoms with van der Waals surface area (Å²) in [6.07, 6.45) is 0.